The maximum atomic E-state index is 6.07. The molecule has 21 heavy (non-hydrogen) atoms. The molecule has 0 spiro atoms. The fraction of sp³-hybridized carbons (Fsp3) is 0. The average molecular weight is 315 g/mol. The van der Waals surface area contributed by atoms with Crippen molar-refractivity contribution < 1.29 is 4.74 Å². The number of benzene rings is 3. The number of halogens is 2. The van der Waals surface area contributed by atoms with Crippen molar-refractivity contribution in [2.45, 2.75) is 0 Å². The van der Waals surface area contributed by atoms with Crippen LogP contribution in [-0.4, -0.2) is 0 Å². The van der Waals surface area contributed by atoms with Gasteiger partial charge in [0.05, 0.1) is 10.0 Å². The third kappa shape index (κ3) is 3.38. The monoisotopic (exact) mass is 314 g/mol. The van der Waals surface area contributed by atoms with E-state index >= 15 is 0 Å². The van der Waals surface area contributed by atoms with Crippen LogP contribution in [0.2, 0.25) is 10.0 Å². The molecule has 0 bridgehead atoms. The van der Waals surface area contributed by atoms with Gasteiger partial charge in [0, 0.05) is 0 Å². The highest BCUT2D eigenvalue weighted by Crippen LogP contribution is 2.31. The molecule has 3 rings (SSSR count). The lowest BCUT2D eigenvalue weighted by molar-refractivity contribution is 0.483. The summed E-state index contributed by atoms with van der Waals surface area (Å²) in [5.41, 5.74) is 2.03. The van der Waals surface area contributed by atoms with E-state index in [0.29, 0.717) is 10.0 Å². The van der Waals surface area contributed by atoms with Crippen LogP contribution in [0.1, 0.15) is 0 Å². The highest BCUT2D eigenvalue weighted by Gasteiger charge is 2.04. The van der Waals surface area contributed by atoms with Gasteiger partial charge in [-0.3, -0.25) is 0 Å². The smallest absolute Gasteiger partial charge is 0.128 e. The molecule has 0 saturated heterocycles. The molecular weight excluding hydrogens is 303 g/mol. The largest absolute Gasteiger partial charge is 0.457 e. The van der Waals surface area contributed by atoms with E-state index in [0.717, 1.165) is 22.6 Å². The highest BCUT2D eigenvalue weighted by molar-refractivity contribution is 6.42. The molecule has 3 heteroatoms. The van der Waals surface area contributed by atoms with Crippen LogP contribution in [0.5, 0.6) is 11.5 Å². The summed E-state index contributed by atoms with van der Waals surface area (Å²) in [4.78, 5) is 0. The summed E-state index contributed by atoms with van der Waals surface area (Å²) in [5, 5.41) is 1.10. The van der Waals surface area contributed by atoms with E-state index in [1.54, 1.807) is 6.07 Å². The molecule has 0 amide bonds. The SMILES string of the molecule is Clc1ccc(-c2cccc(Oc3ccccc3)c2)cc1Cl. The normalized spacial score (nSPS) is 10.4. The molecule has 1 nitrogen and oxygen atoms in total. The minimum atomic E-state index is 0.545. The van der Waals surface area contributed by atoms with E-state index in [-0.39, 0.29) is 0 Å². The minimum absolute atomic E-state index is 0.545. The Labute approximate surface area is 133 Å². The van der Waals surface area contributed by atoms with E-state index in [9.17, 15) is 0 Å². The quantitative estimate of drug-likeness (QED) is 0.539. The number of para-hydroxylation sites is 1. The molecule has 3 aromatic rings. The van der Waals surface area contributed by atoms with Gasteiger partial charge in [-0.05, 0) is 47.5 Å². The van der Waals surface area contributed by atoms with Crippen molar-refractivity contribution in [3.63, 3.8) is 0 Å². The van der Waals surface area contributed by atoms with Gasteiger partial charge in [0.1, 0.15) is 11.5 Å². The molecule has 0 aromatic heterocycles. The fourth-order valence-corrected chi connectivity index (χ4v) is 2.34. The van der Waals surface area contributed by atoms with Crippen LogP contribution in [-0.2, 0) is 0 Å². The van der Waals surface area contributed by atoms with Crippen LogP contribution < -0.4 is 4.74 Å². The Kier molecular flexibility index (Phi) is 4.14. The van der Waals surface area contributed by atoms with E-state index in [2.05, 4.69) is 0 Å². The average Bonchev–Trinajstić information content (AvgIpc) is 2.51. The van der Waals surface area contributed by atoms with Gasteiger partial charge in [-0.25, -0.2) is 0 Å². The molecule has 0 unspecified atom stereocenters. The van der Waals surface area contributed by atoms with Crippen molar-refractivity contribution in [3.8, 4) is 22.6 Å². The van der Waals surface area contributed by atoms with E-state index in [4.69, 9.17) is 27.9 Å². The van der Waals surface area contributed by atoms with E-state index < -0.39 is 0 Å². The standard InChI is InChI=1S/C18H12Cl2O/c19-17-10-9-14(12-18(17)20)13-5-4-8-16(11-13)21-15-6-2-1-3-7-15/h1-12H. The Morgan fingerprint density at radius 3 is 2.05 bits per heavy atom. The molecule has 0 heterocycles. The first kappa shape index (κ1) is 14.0. The van der Waals surface area contributed by atoms with Gasteiger partial charge in [-0.15, -0.1) is 0 Å². The second-order valence-corrected chi connectivity index (χ2v) is 5.39. The van der Waals surface area contributed by atoms with Crippen LogP contribution in [0.25, 0.3) is 11.1 Å². The van der Waals surface area contributed by atoms with Gasteiger partial charge in [-0.2, -0.15) is 0 Å². The zero-order valence-electron chi connectivity index (χ0n) is 11.1. The summed E-state index contributed by atoms with van der Waals surface area (Å²) in [7, 11) is 0. The Bertz CT molecular complexity index is 754. The summed E-state index contributed by atoms with van der Waals surface area (Å²) in [5.74, 6) is 1.59. The van der Waals surface area contributed by atoms with E-state index in [1.807, 2.05) is 66.7 Å². The van der Waals surface area contributed by atoms with Gasteiger partial charge < -0.3 is 4.74 Å². The van der Waals surface area contributed by atoms with Crippen molar-refractivity contribution in [2.24, 2.45) is 0 Å². The second-order valence-electron chi connectivity index (χ2n) is 4.57. The molecule has 0 radical (unpaired) electrons. The summed E-state index contributed by atoms with van der Waals surface area (Å²) in [6.45, 7) is 0. The van der Waals surface area contributed by atoms with E-state index in [1.165, 1.54) is 0 Å². The van der Waals surface area contributed by atoms with Crippen LogP contribution in [0.4, 0.5) is 0 Å². The number of hydrogen-bond acceptors (Lipinski definition) is 1. The molecule has 0 saturated carbocycles. The summed E-state index contributed by atoms with van der Waals surface area (Å²) < 4.78 is 5.84. The zero-order valence-corrected chi connectivity index (χ0v) is 12.6. The van der Waals surface area contributed by atoms with Gasteiger partial charge in [0.15, 0.2) is 0 Å². The molecule has 0 aliphatic rings. The summed E-state index contributed by atoms with van der Waals surface area (Å²) in [6, 6.07) is 23.1. The van der Waals surface area contributed by atoms with Crippen molar-refractivity contribution in [3.05, 3.63) is 82.8 Å². The van der Waals surface area contributed by atoms with Crippen LogP contribution in [0, 0.1) is 0 Å². The Morgan fingerprint density at radius 2 is 1.29 bits per heavy atom. The predicted molar refractivity (Wildman–Crippen MR) is 88.4 cm³/mol. The van der Waals surface area contributed by atoms with Crippen LogP contribution in [0.15, 0.2) is 72.8 Å². The molecule has 0 aliphatic heterocycles. The Hall–Kier alpha value is -1.96. The lowest BCUT2D eigenvalue weighted by atomic mass is 10.1. The molecule has 3 aromatic carbocycles. The molecule has 0 atom stereocenters. The first-order chi connectivity index (χ1) is 10.2. The van der Waals surface area contributed by atoms with Crippen LogP contribution in [0.3, 0.4) is 0 Å². The Balaban J connectivity index is 1.91. The third-order valence-electron chi connectivity index (χ3n) is 3.07. The van der Waals surface area contributed by atoms with Gasteiger partial charge >= 0.3 is 0 Å². The topological polar surface area (TPSA) is 9.23 Å². The predicted octanol–water partition coefficient (Wildman–Crippen LogP) is 6.45. The maximum absolute atomic E-state index is 6.07. The van der Waals surface area contributed by atoms with Gasteiger partial charge in [0.2, 0.25) is 0 Å². The molecule has 0 aliphatic carbocycles. The first-order valence-corrected chi connectivity index (χ1v) is 7.26. The number of rotatable bonds is 3. The lowest BCUT2D eigenvalue weighted by Gasteiger charge is -2.08. The zero-order chi connectivity index (χ0) is 14.7. The van der Waals surface area contributed by atoms with Gasteiger partial charge in [0.25, 0.3) is 0 Å². The maximum Gasteiger partial charge on any atom is 0.128 e. The van der Waals surface area contributed by atoms with Gasteiger partial charge in [-0.1, -0.05) is 59.6 Å². The molecular formula is C18H12Cl2O. The highest BCUT2D eigenvalue weighted by atomic mass is 35.5. The van der Waals surface area contributed by atoms with Crippen molar-refractivity contribution in [2.75, 3.05) is 0 Å². The fourth-order valence-electron chi connectivity index (χ4n) is 2.04. The number of ether oxygens (including phenoxy) is 1. The number of hydrogen-bond donors (Lipinski definition) is 0. The summed E-state index contributed by atoms with van der Waals surface area (Å²) in [6.07, 6.45) is 0. The summed E-state index contributed by atoms with van der Waals surface area (Å²) >= 11 is 12.0. The third-order valence-corrected chi connectivity index (χ3v) is 3.80. The molecule has 0 fully saturated rings. The van der Waals surface area contributed by atoms with Crippen LogP contribution >= 0.6 is 23.2 Å². The lowest BCUT2D eigenvalue weighted by Crippen LogP contribution is -1.85. The minimum Gasteiger partial charge on any atom is -0.457 e. The molecule has 104 valence electrons. The van der Waals surface area contributed by atoms with Crippen molar-refractivity contribution in [1.82, 2.24) is 0 Å². The Morgan fingerprint density at radius 1 is 0.571 bits per heavy atom. The van der Waals surface area contributed by atoms with Crippen molar-refractivity contribution in [1.29, 1.82) is 0 Å². The molecule has 0 N–H and O–H groups in total. The first-order valence-electron chi connectivity index (χ1n) is 6.51. The second kappa shape index (κ2) is 6.21. The van der Waals surface area contributed by atoms with Crippen molar-refractivity contribution >= 4 is 23.2 Å².